The average molecular weight is 609 g/mol. The zero-order valence-corrected chi connectivity index (χ0v) is 24.8. The molecule has 3 aromatic rings. The number of halogens is 3. The second-order valence-corrected chi connectivity index (χ2v) is 12.3. The van der Waals surface area contributed by atoms with Gasteiger partial charge in [-0.1, -0.05) is 72.6 Å². The first-order chi connectivity index (χ1) is 18.9. The summed E-state index contributed by atoms with van der Waals surface area (Å²) in [6.45, 7) is 3.19. The number of benzene rings is 3. The monoisotopic (exact) mass is 607 g/mol. The summed E-state index contributed by atoms with van der Waals surface area (Å²) in [6.07, 6.45) is 1.82. The highest BCUT2D eigenvalue weighted by Gasteiger charge is 2.33. The van der Waals surface area contributed by atoms with E-state index in [2.05, 4.69) is 5.32 Å². The number of rotatable bonds is 12. The van der Waals surface area contributed by atoms with Crippen LogP contribution in [0.3, 0.4) is 0 Å². The highest BCUT2D eigenvalue weighted by molar-refractivity contribution is 7.92. The molecule has 2 unspecified atom stereocenters. The summed E-state index contributed by atoms with van der Waals surface area (Å²) in [6, 6.07) is 18.4. The molecule has 2 amide bonds. The van der Waals surface area contributed by atoms with Crippen molar-refractivity contribution in [3.05, 3.63) is 99.8 Å². The van der Waals surface area contributed by atoms with Crippen LogP contribution in [-0.4, -0.2) is 50.0 Å². The molecule has 2 atom stereocenters. The molecule has 11 heteroatoms. The van der Waals surface area contributed by atoms with Crippen molar-refractivity contribution in [2.75, 3.05) is 17.1 Å². The van der Waals surface area contributed by atoms with Gasteiger partial charge in [-0.2, -0.15) is 0 Å². The number of anilines is 1. The van der Waals surface area contributed by atoms with Crippen LogP contribution in [0, 0.1) is 5.82 Å². The quantitative estimate of drug-likeness (QED) is 0.296. The zero-order chi connectivity index (χ0) is 29.4. The number of sulfonamides is 1. The molecule has 0 radical (unpaired) electrons. The van der Waals surface area contributed by atoms with Crippen LogP contribution in [0.1, 0.15) is 31.4 Å². The molecular formula is C29H32Cl2FN3O4S. The Morgan fingerprint density at radius 1 is 0.975 bits per heavy atom. The number of hydrogen-bond acceptors (Lipinski definition) is 4. The van der Waals surface area contributed by atoms with Gasteiger partial charge in [0.05, 0.1) is 17.0 Å². The number of nitrogens with one attached hydrogen (secondary N) is 1. The lowest BCUT2D eigenvalue weighted by Gasteiger charge is -2.34. The van der Waals surface area contributed by atoms with Gasteiger partial charge in [0.1, 0.15) is 18.4 Å². The first-order valence-electron chi connectivity index (χ1n) is 12.7. The second-order valence-electron chi connectivity index (χ2n) is 9.54. The Morgan fingerprint density at radius 3 is 2.20 bits per heavy atom. The van der Waals surface area contributed by atoms with Crippen LogP contribution in [0.15, 0.2) is 72.8 Å². The van der Waals surface area contributed by atoms with Gasteiger partial charge < -0.3 is 10.2 Å². The van der Waals surface area contributed by atoms with Gasteiger partial charge in [-0.25, -0.2) is 12.8 Å². The van der Waals surface area contributed by atoms with Crippen molar-refractivity contribution in [1.82, 2.24) is 10.2 Å². The van der Waals surface area contributed by atoms with E-state index in [1.807, 2.05) is 44.2 Å². The van der Waals surface area contributed by atoms with E-state index in [9.17, 15) is 22.4 Å². The minimum absolute atomic E-state index is 0.0171. The lowest BCUT2D eigenvalue weighted by molar-refractivity contribution is -0.140. The summed E-state index contributed by atoms with van der Waals surface area (Å²) in [5.41, 5.74) is 1.55. The largest absolute Gasteiger partial charge is 0.352 e. The van der Waals surface area contributed by atoms with Crippen molar-refractivity contribution >= 4 is 50.7 Å². The Morgan fingerprint density at radius 2 is 1.62 bits per heavy atom. The van der Waals surface area contributed by atoms with Crippen molar-refractivity contribution in [2.24, 2.45) is 0 Å². The van der Waals surface area contributed by atoms with Crippen molar-refractivity contribution < 1.29 is 22.4 Å². The van der Waals surface area contributed by atoms with E-state index in [1.165, 1.54) is 11.0 Å². The van der Waals surface area contributed by atoms with Gasteiger partial charge in [0.25, 0.3) is 0 Å². The summed E-state index contributed by atoms with van der Waals surface area (Å²) in [5.74, 6) is -1.71. The summed E-state index contributed by atoms with van der Waals surface area (Å²) < 4.78 is 40.2. The summed E-state index contributed by atoms with van der Waals surface area (Å²) in [4.78, 5) is 29.0. The molecule has 0 aromatic heterocycles. The summed E-state index contributed by atoms with van der Waals surface area (Å²) >= 11 is 12.0. The van der Waals surface area contributed by atoms with E-state index in [4.69, 9.17) is 23.2 Å². The fraction of sp³-hybridized carbons (Fsp3) is 0.310. The van der Waals surface area contributed by atoms with Crippen LogP contribution in [-0.2, 0) is 32.6 Å². The molecule has 40 heavy (non-hydrogen) atoms. The topological polar surface area (TPSA) is 86.8 Å². The lowest BCUT2D eigenvalue weighted by atomic mass is 10.0. The van der Waals surface area contributed by atoms with E-state index in [0.29, 0.717) is 17.0 Å². The molecule has 7 nitrogen and oxygen atoms in total. The van der Waals surface area contributed by atoms with Crippen LogP contribution in [0.4, 0.5) is 10.1 Å². The summed E-state index contributed by atoms with van der Waals surface area (Å²) in [5, 5.41) is 3.19. The third-order valence-electron chi connectivity index (χ3n) is 6.41. The van der Waals surface area contributed by atoms with Gasteiger partial charge in [0.2, 0.25) is 21.8 Å². The Bertz CT molecular complexity index is 1420. The summed E-state index contributed by atoms with van der Waals surface area (Å²) in [7, 11) is -4.00. The SMILES string of the molecule is CCC(C)NC(=O)C(Cc1ccccc1)N(Cc1ccc(Cl)cc1)C(=O)CN(c1ccc(F)c(Cl)c1)S(C)(=O)=O. The maximum Gasteiger partial charge on any atom is 0.244 e. The molecule has 1 N–H and O–H groups in total. The maximum atomic E-state index is 14.0. The van der Waals surface area contributed by atoms with Gasteiger partial charge in [0, 0.05) is 24.0 Å². The molecule has 3 aromatic carbocycles. The Labute approximate surface area is 244 Å². The smallest absolute Gasteiger partial charge is 0.244 e. The van der Waals surface area contributed by atoms with Gasteiger partial charge in [-0.3, -0.25) is 13.9 Å². The number of carbonyl (C=O) groups excluding carboxylic acids is 2. The van der Waals surface area contributed by atoms with Crippen LogP contribution < -0.4 is 9.62 Å². The standard InChI is InChI=1S/C29H32Cl2FN3O4S/c1-4-20(2)33-29(37)27(16-21-8-6-5-7-9-21)34(18-22-10-12-23(30)13-11-22)28(36)19-35(40(3,38)39)24-14-15-26(32)25(31)17-24/h5-15,17,20,27H,4,16,18-19H2,1-3H3,(H,33,37). The molecule has 0 bridgehead atoms. The first kappa shape index (κ1) is 31.4. The predicted molar refractivity (Wildman–Crippen MR) is 157 cm³/mol. The Hall–Kier alpha value is -3.14. The number of carbonyl (C=O) groups is 2. The molecule has 0 aliphatic rings. The van der Waals surface area contributed by atoms with E-state index in [1.54, 1.807) is 24.3 Å². The van der Waals surface area contributed by atoms with Crippen LogP contribution in [0.5, 0.6) is 0 Å². The first-order valence-corrected chi connectivity index (χ1v) is 15.3. The van der Waals surface area contributed by atoms with Crippen LogP contribution in [0.2, 0.25) is 10.0 Å². The molecule has 214 valence electrons. The van der Waals surface area contributed by atoms with Gasteiger partial charge in [-0.05, 0) is 54.8 Å². The van der Waals surface area contributed by atoms with Gasteiger partial charge in [0.15, 0.2) is 0 Å². The molecule has 0 aliphatic carbocycles. The fourth-order valence-electron chi connectivity index (χ4n) is 4.04. The van der Waals surface area contributed by atoms with E-state index < -0.39 is 34.3 Å². The molecule has 0 aliphatic heterocycles. The third kappa shape index (κ3) is 8.68. The number of amides is 2. The van der Waals surface area contributed by atoms with E-state index in [-0.39, 0.29) is 35.6 Å². The average Bonchev–Trinajstić information content (AvgIpc) is 2.91. The van der Waals surface area contributed by atoms with Crippen molar-refractivity contribution in [3.63, 3.8) is 0 Å². The number of nitrogens with zero attached hydrogens (tertiary/aromatic N) is 2. The molecule has 0 saturated carbocycles. The van der Waals surface area contributed by atoms with E-state index >= 15 is 0 Å². The molecule has 0 saturated heterocycles. The van der Waals surface area contributed by atoms with Gasteiger partial charge >= 0.3 is 0 Å². The van der Waals surface area contributed by atoms with Gasteiger partial charge in [-0.15, -0.1) is 0 Å². The highest BCUT2D eigenvalue weighted by Crippen LogP contribution is 2.25. The van der Waals surface area contributed by atoms with Crippen LogP contribution in [0.25, 0.3) is 0 Å². The second kappa shape index (κ2) is 14.0. The van der Waals surface area contributed by atoms with Crippen LogP contribution >= 0.6 is 23.2 Å². The third-order valence-corrected chi connectivity index (χ3v) is 8.09. The Balaban J connectivity index is 2.06. The molecule has 0 fully saturated rings. The number of hydrogen-bond donors (Lipinski definition) is 1. The van der Waals surface area contributed by atoms with Crippen molar-refractivity contribution in [1.29, 1.82) is 0 Å². The zero-order valence-electron chi connectivity index (χ0n) is 22.5. The molecule has 3 rings (SSSR count). The van der Waals surface area contributed by atoms with Crippen molar-refractivity contribution in [2.45, 2.75) is 45.3 Å². The Kier molecular flexibility index (Phi) is 11.0. The fourth-order valence-corrected chi connectivity index (χ4v) is 5.18. The minimum Gasteiger partial charge on any atom is -0.352 e. The van der Waals surface area contributed by atoms with Crippen molar-refractivity contribution in [3.8, 4) is 0 Å². The van der Waals surface area contributed by atoms with E-state index in [0.717, 1.165) is 28.3 Å². The molecular weight excluding hydrogens is 576 g/mol. The normalized spacial score (nSPS) is 12.8. The maximum absolute atomic E-state index is 14.0. The minimum atomic E-state index is -4.00. The molecule has 0 heterocycles. The highest BCUT2D eigenvalue weighted by atomic mass is 35.5. The predicted octanol–water partition coefficient (Wildman–Crippen LogP) is 5.45. The lowest BCUT2D eigenvalue weighted by Crippen LogP contribution is -2.54. The molecule has 0 spiro atoms.